The van der Waals surface area contributed by atoms with Gasteiger partial charge in [-0.05, 0) is 42.3 Å². The van der Waals surface area contributed by atoms with E-state index in [2.05, 4.69) is 36.3 Å². The predicted molar refractivity (Wildman–Crippen MR) is 86.4 cm³/mol. The quantitative estimate of drug-likeness (QED) is 0.842. The van der Waals surface area contributed by atoms with Gasteiger partial charge in [0.05, 0.1) is 0 Å². The third-order valence-electron chi connectivity index (χ3n) is 2.75. The maximum absolute atomic E-state index is 6.34. The number of nitrogens with one attached hydrogen (secondary N) is 1. The molecule has 0 saturated heterocycles. The number of nitrogens with zero attached hydrogens (tertiary/aromatic N) is 1. The topological polar surface area (TPSA) is 24.9 Å². The molecule has 1 aromatic heterocycles. The number of rotatable bonds is 6. The minimum Gasteiger partial charge on any atom is -0.312 e. The van der Waals surface area contributed by atoms with Crippen molar-refractivity contribution in [2.45, 2.75) is 30.3 Å². The second-order valence-electron chi connectivity index (χ2n) is 5.05. The highest BCUT2D eigenvalue weighted by molar-refractivity contribution is 7.99. The molecule has 0 saturated carbocycles. The van der Waals surface area contributed by atoms with Gasteiger partial charge < -0.3 is 5.32 Å². The van der Waals surface area contributed by atoms with Crippen LogP contribution in [-0.4, -0.2) is 11.5 Å². The molecule has 2 aromatic rings. The number of halogens is 1. The Morgan fingerprint density at radius 1 is 1.25 bits per heavy atom. The Hall–Kier alpha value is -1.03. The van der Waals surface area contributed by atoms with Crippen LogP contribution >= 0.6 is 23.4 Å². The Bertz CT molecular complexity index is 543. The zero-order valence-corrected chi connectivity index (χ0v) is 13.3. The summed E-state index contributed by atoms with van der Waals surface area (Å²) < 4.78 is 0. The first kappa shape index (κ1) is 15.4. The van der Waals surface area contributed by atoms with Crippen LogP contribution in [0.4, 0.5) is 0 Å². The average molecular weight is 307 g/mol. The molecule has 0 amide bonds. The van der Waals surface area contributed by atoms with E-state index in [0.29, 0.717) is 5.92 Å². The summed E-state index contributed by atoms with van der Waals surface area (Å²) >= 11 is 7.96. The Morgan fingerprint density at radius 3 is 2.75 bits per heavy atom. The molecule has 0 unspecified atom stereocenters. The average Bonchev–Trinajstić information content (AvgIpc) is 2.42. The van der Waals surface area contributed by atoms with E-state index in [-0.39, 0.29) is 0 Å². The first-order chi connectivity index (χ1) is 9.65. The van der Waals surface area contributed by atoms with Crippen molar-refractivity contribution < 1.29 is 0 Å². The summed E-state index contributed by atoms with van der Waals surface area (Å²) in [7, 11) is 0. The fraction of sp³-hybridized carbons (Fsp3) is 0.312. The van der Waals surface area contributed by atoms with Crippen LogP contribution in [-0.2, 0) is 6.54 Å². The van der Waals surface area contributed by atoms with Crippen LogP contribution in [0.25, 0.3) is 0 Å². The molecule has 106 valence electrons. The van der Waals surface area contributed by atoms with E-state index in [1.54, 1.807) is 18.0 Å². The molecule has 1 heterocycles. The Balaban J connectivity index is 1.98. The summed E-state index contributed by atoms with van der Waals surface area (Å²) in [5, 5.41) is 5.20. The molecule has 0 spiro atoms. The van der Waals surface area contributed by atoms with Crippen molar-refractivity contribution >= 4 is 23.4 Å². The lowest BCUT2D eigenvalue weighted by molar-refractivity contribution is 0.552. The van der Waals surface area contributed by atoms with Crippen molar-refractivity contribution in [1.29, 1.82) is 0 Å². The monoisotopic (exact) mass is 306 g/mol. The molecule has 2 rings (SSSR count). The maximum atomic E-state index is 6.34. The van der Waals surface area contributed by atoms with Crippen molar-refractivity contribution in [2.24, 2.45) is 5.92 Å². The van der Waals surface area contributed by atoms with Gasteiger partial charge in [-0.15, -0.1) is 0 Å². The van der Waals surface area contributed by atoms with E-state index >= 15 is 0 Å². The molecule has 0 atom stereocenters. The molecule has 0 radical (unpaired) electrons. The van der Waals surface area contributed by atoms with Crippen LogP contribution in [0.2, 0.25) is 5.02 Å². The van der Waals surface area contributed by atoms with Crippen molar-refractivity contribution in [3.63, 3.8) is 0 Å². The highest BCUT2D eigenvalue weighted by atomic mass is 35.5. The van der Waals surface area contributed by atoms with Crippen molar-refractivity contribution in [2.75, 3.05) is 6.54 Å². The Kier molecular flexibility index (Phi) is 5.89. The predicted octanol–water partition coefficient (Wildman–Crippen LogP) is 4.63. The Morgan fingerprint density at radius 2 is 2.10 bits per heavy atom. The summed E-state index contributed by atoms with van der Waals surface area (Å²) in [6.45, 7) is 6.20. The molecule has 20 heavy (non-hydrogen) atoms. The summed E-state index contributed by atoms with van der Waals surface area (Å²) in [5.41, 5.74) is 1.14. The Labute approximate surface area is 130 Å². The van der Waals surface area contributed by atoms with Gasteiger partial charge in [0.1, 0.15) is 5.03 Å². The van der Waals surface area contributed by atoms with Gasteiger partial charge in [0.2, 0.25) is 0 Å². The van der Waals surface area contributed by atoms with E-state index in [0.717, 1.165) is 33.6 Å². The molecule has 0 fully saturated rings. The molecule has 0 aliphatic rings. The van der Waals surface area contributed by atoms with E-state index < -0.39 is 0 Å². The fourth-order valence-electron chi connectivity index (χ4n) is 1.76. The van der Waals surface area contributed by atoms with Gasteiger partial charge in [-0.1, -0.05) is 49.3 Å². The number of pyridine rings is 1. The van der Waals surface area contributed by atoms with Crippen molar-refractivity contribution in [3.8, 4) is 0 Å². The van der Waals surface area contributed by atoms with Gasteiger partial charge in [-0.3, -0.25) is 0 Å². The van der Waals surface area contributed by atoms with Crippen molar-refractivity contribution in [1.82, 2.24) is 10.3 Å². The first-order valence-electron chi connectivity index (χ1n) is 6.73. The van der Waals surface area contributed by atoms with Crippen LogP contribution in [0.15, 0.2) is 52.5 Å². The molecule has 1 aromatic carbocycles. The van der Waals surface area contributed by atoms with Crippen LogP contribution in [0.3, 0.4) is 0 Å². The maximum Gasteiger partial charge on any atom is 0.101 e. The summed E-state index contributed by atoms with van der Waals surface area (Å²) in [6.07, 6.45) is 1.80. The molecular weight excluding hydrogens is 288 g/mol. The summed E-state index contributed by atoms with van der Waals surface area (Å²) in [5.74, 6) is 0.646. The molecule has 0 aliphatic heterocycles. The lowest BCUT2D eigenvalue weighted by atomic mass is 10.2. The molecule has 0 bridgehead atoms. The fourth-order valence-corrected chi connectivity index (χ4v) is 2.89. The zero-order valence-electron chi connectivity index (χ0n) is 11.8. The lowest BCUT2D eigenvalue weighted by Gasteiger charge is -2.10. The number of aromatic nitrogens is 1. The van der Waals surface area contributed by atoms with Gasteiger partial charge in [0.15, 0.2) is 0 Å². The second-order valence-corrected chi connectivity index (χ2v) is 6.55. The number of hydrogen-bond donors (Lipinski definition) is 1. The highest BCUT2D eigenvalue weighted by Crippen LogP contribution is 2.29. The van der Waals surface area contributed by atoms with E-state index in [1.807, 2.05) is 24.3 Å². The molecule has 2 nitrogen and oxygen atoms in total. The van der Waals surface area contributed by atoms with Crippen LogP contribution in [0, 0.1) is 5.92 Å². The van der Waals surface area contributed by atoms with Gasteiger partial charge in [-0.2, -0.15) is 0 Å². The van der Waals surface area contributed by atoms with E-state index in [1.165, 1.54) is 0 Å². The number of benzene rings is 1. The van der Waals surface area contributed by atoms with Gasteiger partial charge in [-0.25, -0.2) is 4.98 Å². The van der Waals surface area contributed by atoms with Crippen molar-refractivity contribution in [3.05, 3.63) is 53.2 Å². The summed E-state index contributed by atoms with van der Waals surface area (Å²) in [6, 6.07) is 12.1. The largest absolute Gasteiger partial charge is 0.312 e. The standard InChI is InChI=1S/C16H19ClN2S/c1-12(2)10-18-11-13-6-7-14(9-15(13)17)20-16-5-3-4-8-19-16/h3-9,12,18H,10-11H2,1-2H3. The number of hydrogen-bond acceptors (Lipinski definition) is 3. The summed E-state index contributed by atoms with van der Waals surface area (Å²) in [4.78, 5) is 5.41. The SMILES string of the molecule is CC(C)CNCc1ccc(Sc2ccccn2)cc1Cl. The van der Waals surface area contributed by atoms with Crippen LogP contribution in [0.1, 0.15) is 19.4 Å². The minimum absolute atomic E-state index is 0.646. The van der Waals surface area contributed by atoms with Crippen LogP contribution in [0.5, 0.6) is 0 Å². The third kappa shape index (κ3) is 4.82. The molecule has 1 N–H and O–H groups in total. The lowest BCUT2D eigenvalue weighted by Crippen LogP contribution is -2.19. The van der Waals surface area contributed by atoms with E-state index in [4.69, 9.17) is 11.6 Å². The first-order valence-corrected chi connectivity index (χ1v) is 7.92. The van der Waals surface area contributed by atoms with Gasteiger partial charge in [0.25, 0.3) is 0 Å². The van der Waals surface area contributed by atoms with E-state index in [9.17, 15) is 0 Å². The van der Waals surface area contributed by atoms with Gasteiger partial charge >= 0.3 is 0 Å². The third-order valence-corrected chi connectivity index (χ3v) is 4.04. The minimum atomic E-state index is 0.646. The molecule has 0 aliphatic carbocycles. The zero-order chi connectivity index (χ0) is 14.4. The molecule has 4 heteroatoms. The van der Waals surface area contributed by atoms with Crippen LogP contribution < -0.4 is 5.32 Å². The second kappa shape index (κ2) is 7.67. The normalized spacial score (nSPS) is 11.0. The highest BCUT2D eigenvalue weighted by Gasteiger charge is 2.04. The smallest absolute Gasteiger partial charge is 0.101 e. The van der Waals surface area contributed by atoms with Gasteiger partial charge in [0, 0.05) is 22.7 Å². The molecular formula is C16H19ClN2S.